The Morgan fingerprint density at radius 1 is 0.552 bits per heavy atom. The van der Waals surface area contributed by atoms with Crippen LogP contribution in [-0.4, -0.2) is 4.98 Å². The quantitative estimate of drug-likeness (QED) is 0.258. The Balaban J connectivity index is 1.75. The number of para-hydroxylation sites is 1. The van der Waals surface area contributed by atoms with E-state index in [1.807, 2.05) is 11.3 Å². The van der Waals surface area contributed by atoms with Crippen molar-refractivity contribution in [2.75, 3.05) is 0 Å². The zero-order chi connectivity index (χ0) is 18.9. The molecule has 0 bridgehead atoms. The summed E-state index contributed by atoms with van der Waals surface area (Å²) in [6.45, 7) is 0. The standard InChI is InChI=1S/C27H15NS/c1-2-7-17-13-21-20(12-16(17)6-1)19-9-5-11-25-26(19)23(15-29-25)22-14-18-8-3-4-10-24(18)28-27(21)22/h1-15H. The number of hydrogen-bond acceptors (Lipinski definition) is 2. The number of rotatable bonds is 0. The first-order chi connectivity index (χ1) is 14.4. The Kier molecular flexibility index (Phi) is 2.94. The van der Waals surface area contributed by atoms with Gasteiger partial charge in [-0.05, 0) is 57.6 Å². The number of nitrogens with zero attached hydrogens (tertiary/aromatic N) is 1. The number of fused-ring (bicyclic) bond motifs is 7. The molecule has 1 nitrogen and oxygen atoms in total. The minimum atomic E-state index is 1.04. The maximum absolute atomic E-state index is 5.18. The summed E-state index contributed by atoms with van der Waals surface area (Å²) in [4.78, 5) is 5.18. The lowest BCUT2D eigenvalue weighted by molar-refractivity contribution is 1.41. The average Bonchev–Trinajstić information content (AvgIpc) is 3.17. The second-order valence-corrected chi connectivity index (χ2v) is 8.56. The van der Waals surface area contributed by atoms with Crippen molar-refractivity contribution < 1.29 is 0 Å². The summed E-state index contributed by atoms with van der Waals surface area (Å²) in [6.07, 6.45) is 0. The molecule has 0 saturated heterocycles. The van der Waals surface area contributed by atoms with E-state index in [1.165, 1.54) is 54.1 Å². The SMILES string of the molecule is c1ccc2cc3c(cc2c1)-c1nc2ccccc2cc1-c1csc2cccc-3c12. The summed E-state index contributed by atoms with van der Waals surface area (Å²) in [7, 11) is 0. The van der Waals surface area contributed by atoms with Gasteiger partial charge in [-0.25, -0.2) is 4.98 Å². The Hall–Kier alpha value is -3.49. The maximum atomic E-state index is 5.18. The van der Waals surface area contributed by atoms with Crippen LogP contribution in [-0.2, 0) is 0 Å². The highest BCUT2D eigenvalue weighted by Gasteiger charge is 2.24. The van der Waals surface area contributed by atoms with Crippen molar-refractivity contribution in [2.45, 2.75) is 0 Å². The van der Waals surface area contributed by atoms with E-state index in [4.69, 9.17) is 4.98 Å². The van der Waals surface area contributed by atoms with Crippen LogP contribution >= 0.6 is 11.3 Å². The largest absolute Gasteiger partial charge is 0.247 e. The lowest BCUT2D eigenvalue weighted by atomic mass is 9.93. The lowest BCUT2D eigenvalue weighted by Crippen LogP contribution is -1.91. The predicted octanol–water partition coefficient (Wildman–Crippen LogP) is 7.92. The van der Waals surface area contributed by atoms with Crippen LogP contribution in [0.1, 0.15) is 0 Å². The van der Waals surface area contributed by atoms with E-state index < -0.39 is 0 Å². The molecule has 29 heavy (non-hydrogen) atoms. The molecule has 0 radical (unpaired) electrons. The number of hydrogen-bond donors (Lipinski definition) is 0. The smallest absolute Gasteiger partial charge is 0.0795 e. The molecular weight excluding hydrogens is 370 g/mol. The molecule has 1 aliphatic carbocycles. The molecule has 0 saturated carbocycles. The fourth-order valence-corrected chi connectivity index (χ4v) is 5.68. The summed E-state index contributed by atoms with van der Waals surface area (Å²) in [5.41, 5.74) is 8.46. The highest BCUT2D eigenvalue weighted by Crippen LogP contribution is 2.50. The number of aromatic nitrogens is 1. The van der Waals surface area contributed by atoms with Gasteiger partial charge in [0.2, 0.25) is 0 Å². The van der Waals surface area contributed by atoms with E-state index in [0.717, 1.165) is 11.2 Å². The van der Waals surface area contributed by atoms with Gasteiger partial charge in [-0.2, -0.15) is 0 Å². The third-order valence-corrected chi connectivity index (χ3v) is 6.99. The molecule has 2 aromatic heterocycles. The Bertz CT molecular complexity index is 1610. The number of pyridine rings is 1. The summed E-state index contributed by atoms with van der Waals surface area (Å²) in [6, 6.07) is 30.7. The van der Waals surface area contributed by atoms with Gasteiger partial charge < -0.3 is 0 Å². The van der Waals surface area contributed by atoms with Crippen molar-refractivity contribution in [2.24, 2.45) is 0 Å². The zero-order valence-corrected chi connectivity index (χ0v) is 16.3. The Labute approximate surface area is 171 Å². The third kappa shape index (κ3) is 2.07. The topological polar surface area (TPSA) is 12.9 Å². The van der Waals surface area contributed by atoms with Crippen LogP contribution in [0.5, 0.6) is 0 Å². The van der Waals surface area contributed by atoms with Crippen LogP contribution in [0.3, 0.4) is 0 Å². The molecule has 0 unspecified atom stereocenters. The lowest BCUT2D eigenvalue weighted by Gasteiger charge is -2.13. The van der Waals surface area contributed by atoms with E-state index in [-0.39, 0.29) is 0 Å². The minimum Gasteiger partial charge on any atom is -0.247 e. The normalized spacial score (nSPS) is 12.1. The van der Waals surface area contributed by atoms with Crippen molar-refractivity contribution in [1.29, 1.82) is 0 Å². The van der Waals surface area contributed by atoms with Gasteiger partial charge in [0.15, 0.2) is 0 Å². The summed E-state index contributed by atoms with van der Waals surface area (Å²) in [5, 5.41) is 7.36. The molecule has 0 aliphatic heterocycles. The number of benzene rings is 4. The third-order valence-electron chi connectivity index (χ3n) is 6.04. The van der Waals surface area contributed by atoms with Gasteiger partial charge >= 0.3 is 0 Å². The van der Waals surface area contributed by atoms with E-state index in [0.29, 0.717) is 0 Å². The predicted molar refractivity (Wildman–Crippen MR) is 124 cm³/mol. The first-order valence-electron chi connectivity index (χ1n) is 9.81. The second kappa shape index (κ2) is 5.53. The molecule has 7 rings (SSSR count). The van der Waals surface area contributed by atoms with E-state index in [9.17, 15) is 0 Å². The molecule has 0 N–H and O–H groups in total. The van der Waals surface area contributed by atoms with E-state index >= 15 is 0 Å². The summed E-state index contributed by atoms with van der Waals surface area (Å²) >= 11 is 1.82. The molecule has 0 spiro atoms. The molecule has 4 aromatic carbocycles. The van der Waals surface area contributed by atoms with Crippen LogP contribution in [0.4, 0.5) is 0 Å². The van der Waals surface area contributed by atoms with Crippen LogP contribution in [0.2, 0.25) is 0 Å². The fraction of sp³-hybridized carbons (Fsp3) is 0. The van der Waals surface area contributed by atoms with Crippen molar-refractivity contribution in [1.82, 2.24) is 4.98 Å². The van der Waals surface area contributed by atoms with Crippen LogP contribution in [0, 0.1) is 0 Å². The van der Waals surface area contributed by atoms with Crippen LogP contribution < -0.4 is 0 Å². The van der Waals surface area contributed by atoms with Gasteiger partial charge in [0, 0.05) is 32.2 Å². The van der Waals surface area contributed by atoms with Crippen molar-refractivity contribution in [3.63, 3.8) is 0 Å². The molecular formula is C27H15NS. The van der Waals surface area contributed by atoms with Gasteiger partial charge in [0.05, 0.1) is 11.2 Å². The number of thiophene rings is 1. The average molecular weight is 385 g/mol. The molecule has 1 aliphatic rings. The van der Waals surface area contributed by atoms with Gasteiger partial charge in [-0.3, -0.25) is 0 Å². The van der Waals surface area contributed by atoms with Gasteiger partial charge in [0.1, 0.15) is 0 Å². The summed E-state index contributed by atoms with van der Waals surface area (Å²) < 4.78 is 1.33. The Morgan fingerprint density at radius 2 is 1.28 bits per heavy atom. The maximum Gasteiger partial charge on any atom is 0.0795 e. The first kappa shape index (κ1) is 15.4. The zero-order valence-electron chi connectivity index (χ0n) is 15.5. The monoisotopic (exact) mass is 385 g/mol. The van der Waals surface area contributed by atoms with Gasteiger partial charge in [-0.1, -0.05) is 54.6 Å². The molecule has 2 heteroatoms. The first-order valence-corrected chi connectivity index (χ1v) is 10.7. The molecule has 0 atom stereocenters. The molecule has 134 valence electrons. The Morgan fingerprint density at radius 3 is 2.14 bits per heavy atom. The van der Waals surface area contributed by atoms with Crippen LogP contribution in [0.15, 0.2) is 90.3 Å². The van der Waals surface area contributed by atoms with Crippen molar-refractivity contribution in [3.8, 4) is 33.5 Å². The highest BCUT2D eigenvalue weighted by atomic mass is 32.1. The van der Waals surface area contributed by atoms with Crippen molar-refractivity contribution in [3.05, 3.63) is 90.3 Å². The molecule has 6 aromatic rings. The van der Waals surface area contributed by atoms with Crippen LogP contribution in [0.25, 0.3) is 65.3 Å². The summed E-state index contributed by atoms with van der Waals surface area (Å²) in [5.74, 6) is 0. The molecule has 2 heterocycles. The van der Waals surface area contributed by atoms with Crippen molar-refractivity contribution >= 4 is 43.1 Å². The van der Waals surface area contributed by atoms with E-state index in [1.54, 1.807) is 0 Å². The molecule has 0 fully saturated rings. The van der Waals surface area contributed by atoms with Gasteiger partial charge in [-0.15, -0.1) is 11.3 Å². The molecule has 0 amide bonds. The fourth-order valence-electron chi connectivity index (χ4n) is 4.70. The van der Waals surface area contributed by atoms with E-state index in [2.05, 4.69) is 90.3 Å². The highest BCUT2D eigenvalue weighted by molar-refractivity contribution is 7.17. The van der Waals surface area contributed by atoms with Gasteiger partial charge in [0.25, 0.3) is 0 Å². The minimum absolute atomic E-state index is 1.04. The second-order valence-electron chi connectivity index (χ2n) is 7.65.